The molecule has 1 unspecified atom stereocenters. The van der Waals surface area contributed by atoms with Crippen LogP contribution in [-0.2, 0) is 27.4 Å². The second-order valence-electron chi connectivity index (χ2n) is 7.59. The molecule has 2 aliphatic rings. The molecule has 1 atom stereocenters. The van der Waals surface area contributed by atoms with E-state index in [1.165, 1.54) is 4.90 Å². The molecule has 3 amide bonds. The van der Waals surface area contributed by atoms with Crippen molar-refractivity contribution >= 4 is 17.9 Å². The van der Waals surface area contributed by atoms with Gasteiger partial charge in [-0.05, 0) is 24.5 Å². The van der Waals surface area contributed by atoms with Crippen LogP contribution in [0.3, 0.4) is 0 Å². The van der Waals surface area contributed by atoms with Crippen LogP contribution in [0.1, 0.15) is 30.9 Å². The lowest BCUT2D eigenvalue weighted by Crippen LogP contribution is -2.47. The number of hydrogen-bond acceptors (Lipinski definition) is 4. The van der Waals surface area contributed by atoms with Crippen LogP contribution in [0.2, 0.25) is 0 Å². The summed E-state index contributed by atoms with van der Waals surface area (Å²) in [7, 11) is 0. The molecule has 0 saturated carbocycles. The molecule has 0 N–H and O–H groups in total. The van der Waals surface area contributed by atoms with E-state index in [1.54, 1.807) is 17.9 Å². The molecule has 1 fully saturated rings. The van der Waals surface area contributed by atoms with Crippen molar-refractivity contribution in [2.45, 2.75) is 38.4 Å². The van der Waals surface area contributed by atoms with Gasteiger partial charge in [-0.15, -0.1) is 0 Å². The van der Waals surface area contributed by atoms with Gasteiger partial charge < -0.3 is 9.64 Å². The number of nitrogens with zero attached hydrogens (tertiary/aromatic N) is 2. The average molecular weight is 404 g/mol. The Morgan fingerprint density at radius 1 is 0.967 bits per heavy atom. The zero-order valence-corrected chi connectivity index (χ0v) is 16.9. The molecule has 4 rings (SSSR count). The highest BCUT2D eigenvalue weighted by molar-refractivity contribution is 6.08. The molecule has 1 heterocycles. The summed E-state index contributed by atoms with van der Waals surface area (Å²) < 4.78 is 5.13. The number of esters is 1. The third kappa shape index (κ3) is 3.49. The van der Waals surface area contributed by atoms with Crippen LogP contribution >= 0.6 is 0 Å². The Hall–Kier alpha value is -3.41. The van der Waals surface area contributed by atoms with Crippen LogP contribution in [0.25, 0.3) is 0 Å². The van der Waals surface area contributed by atoms with E-state index in [2.05, 4.69) is 0 Å². The second-order valence-corrected chi connectivity index (χ2v) is 7.59. The van der Waals surface area contributed by atoms with E-state index in [-0.39, 0.29) is 31.5 Å². The van der Waals surface area contributed by atoms with Crippen LogP contribution in [-0.4, -0.2) is 39.9 Å². The first kappa shape index (κ1) is 19.9. The third-order valence-electron chi connectivity index (χ3n) is 5.70. The van der Waals surface area contributed by atoms with E-state index in [4.69, 9.17) is 4.74 Å². The van der Waals surface area contributed by atoms with Gasteiger partial charge in [0.05, 0.1) is 13.2 Å². The van der Waals surface area contributed by atoms with Gasteiger partial charge in [-0.25, -0.2) is 9.59 Å². The molecule has 30 heavy (non-hydrogen) atoms. The summed E-state index contributed by atoms with van der Waals surface area (Å²) >= 11 is 0. The Morgan fingerprint density at radius 2 is 1.57 bits per heavy atom. The van der Waals surface area contributed by atoms with Crippen molar-refractivity contribution in [3.8, 4) is 0 Å². The summed E-state index contributed by atoms with van der Waals surface area (Å²) in [6.07, 6.45) is 2.23. The topological polar surface area (TPSA) is 66.9 Å². The molecule has 154 valence electrons. The van der Waals surface area contributed by atoms with E-state index in [9.17, 15) is 14.4 Å². The lowest BCUT2D eigenvalue weighted by atomic mass is 9.92. The molecule has 1 saturated heterocycles. The van der Waals surface area contributed by atoms with Gasteiger partial charge in [0.15, 0.2) is 0 Å². The maximum Gasteiger partial charge on any atom is 0.333 e. The van der Waals surface area contributed by atoms with E-state index < -0.39 is 11.5 Å². The van der Waals surface area contributed by atoms with Crippen LogP contribution in [0, 0.1) is 0 Å². The lowest BCUT2D eigenvalue weighted by Gasteiger charge is -2.31. The highest BCUT2D eigenvalue weighted by Crippen LogP contribution is 2.43. The molecule has 0 aromatic heterocycles. The zero-order chi connectivity index (χ0) is 21.1. The van der Waals surface area contributed by atoms with Crippen molar-refractivity contribution in [2.75, 3.05) is 6.61 Å². The number of imide groups is 1. The molecule has 1 aliphatic heterocycles. The summed E-state index contributed by atoms with van der Waals surface area (Å²) in [5.41, 5.74) is 1.19. The molecule has 0 radical (unpaired) electrons. The number of urea groups is 1. The fraction of sp³-hybridized carbons (Fsp3) is 0.292. The fourth-order valence-corrected chi connectivity index (χ4v) is 4.17. The molecule has 0 bridgehead atoms. The number of ether oxygens (including phenoxy) is 1. The standard InChI is InChI=1S/C24H24N2O4/c1-2-30-21(27)20-13-14-24(15-20)22(28)25(16-18-9-5-3-6-10-18)23(29)26(24)17-19-11-7-4-8-12-19/h3-13H,2,14-17H2,1H3. The van der Waals surface area contributed by atoms with Gasteiger partial charge in [0.25, 0.3) is 5.91 Å². The Kier molecular flexibility index (Phi) is 5.40. The highest BCUT2D eigenvalue weighted by atomic mass is 16.5. The summed E-state index contributed by atoms with van der Waals surface area (Å²) in [4.78, 5) is 42.1. The quantitative estimate of drug-likeness (QED) is 0.544. The van der Waals surface area contributed by atoms with E-state index >= 15 is 0 Å². The van der Waals surface area contributed by atoms with Gasteiger partial charge in [-0.3, -0.25) is 9.69 Å². The predicted molar refractivity (Wildman–Crippen MR) is 111 cm³/mol. The van der Waals surface area contributed by atoms with Crippen molar-refractivity contribution in [3.63, 3.8) is 0 Å². The lowest BCUT2D eigenvalue weighted by molar-refractivity contribution is -0.139. The second kappa shape index (κ2) is 8.14. The van der Waals surface area contributed by atoms with Crippen LogP contribution in [0.5, 0.6) is 0 Å². The van der Waals surface area contributed by atoms with Crippen molar-refractivity contribution in [1.82, 2.24) is 9.80 Å². The number of hydrogen-bond donors (Lipinski definition) is 0. The summed E-state index contributed by atoms with van der Waals surface area (Å²) in [5, 5.41) is 0. The summed E-state index contributed by atoms with van der Waals surface area (Å²) in [6, 6.07) is 18.7. The molecular weight excluding hydrogens is 380 g/mol. The maximum atomic E-state index is 13.5. The highest BCUT2D eigenvalue weighted by Gasteiger charge is 2.59. The van der Waals surface area contributed by atoms with Gasteiger partial charge in [-0.1, -0.05) is 66.7 Å². The van der Waals surface area contributed by atoms with Gasteiger partial charge >= 0.3 is 12.0 Å². The average Bonchev–Trinajstić information content (AvgIpc) is 3.29. The molecule has 6 nitrogen and oxygen atoms in total. The Balaban J connectivity index is 1.65. The number of carbonyl (C=O) groups is 3. The number of carbonyl (C=O) groups excluding carboxylic acids is 3. The molecule has 6 heteroatoms. The van der Waals surface area contributed by atoms with Crippen molar-refractivity contribution < 1.29 is 19.1 Å². The van der Waals surface area contributed by atoms with E-state index in [0.717, 1.165) is 11.1 Å². The van der Waals surface area contributed by atoms with E-state index in [0.29, 0.717) is 18.5 Å². The first-order valence-corrected chi connectivity index (χ1v) is 10.1. The molecule has 1 spiro atoms. The Labute approximate surface area is 175 Å². The summed E-state index contributed by atoms with van der Waals surface area (Å²) in [6.45, 7) is 2.53. The molecule has 1 aliphatic carbocycles. The molecule has 2 aromatic rings. The predicted octanol–water partition coefficient (Wildman–Crippen LogP) is 3.67. The first-order chi connectivity index (χ1) is 14.5. The fourth-order valence-electron chi connectivity index (χ4n) is 4.17. The van der Waals surface area contributed by atoms with Gasteiger partial charge in [0.1, 0.15) is 5.54 Å². The number of benzene rings is 2. The SMILES string of the molecule is CCOC(=O)C1=CCC2(C1)C(=O)N(Cc1ccccc1)C(=O)N2Cc1ccccc1. The smallest absolute Gasteiger partial charge is 0.333 e. The summed E-state index contributed by atoms with van der Waals surface area (Å²) in [5.74, 6) is -0.682. The van der Waals surface area contributed by atoms with E-state index in [1.807, 2.05) is 60.7 Å². The maximum absolute atomic E-state index is 13.5. The molecule has 2 aromatic carbocycles. The van der Waals surface area contributed by atoms with Crippen LogP contribution in [0.15, 0.2) is 72.3 Å². The van der Waals surface area contributed by atoms with Crippen LogP contribution < -0.4 is 0 Å². The normalized spacial score (nSPS) is 20.8. The minimum atomic E-state index is -1.08. The number of amides is 3. The minimum Gasteiger partial charge on any atom is -0.463 e. The van der Waals surface area contributed by atoms with Crippen molar-refractivity contribution in [1.29, 1.82) is 0 Å². The van der Waals surface area contributed by atoms with Crippen molar-refractivity contribution in [2.24, 2.45) is 0 Å². The van der Waals surface area contributed by atoms with Gasteiger partial charge in [0, 0.05) is 18.5 Å². The number of rotatable bonds is 6. The van der Waals surface area contributed by atoms with Crippen LogP contribution in [0.4, 0.5) is 4.79 Å². The Bertz CT molecular complexity index is 987. The molecular formula is C24H24N2O4. The Morgan fingerprint density at radius 3 is 2.17 bits per heavy atom. The van der Waals surface area contributed by atoms with Crippen molar-refractivity contribution in [3.05, 3.63) is 83.4 Å². The van der Waals surface area contributed by atoms with Gasteiger partial charge in [-0.2, -0.15) is 0 Å². The monoisotopic (exact) mass is 404 g/mol. The third-order valence-corrected chi connectivity index (χ3v) is 5.70. The zero-order valence-electron chi connectivity index (χ0n) is 16.9. The van der Waals surface area contributed by atoms with Gasteiger partial charge in [0.2, 0.25) is 0 Å². The first-order valence-electron chi connectivity index (χ1n) is 10.1. The minimum absolute atomic E-state index is 0.175. The largest absolute Gasteiger partial charge is 0.463 e.